The quantitative estimate of drug-likeness (QED) is 0.742. The highest BCUT2D eigenvalue weighted by molar-refractivity contribution is 6.69. The number of carbonyl (C=O) groups is 4. The van der Waals surface area contributed by atoms with Crippen LogP contribution in [-0.4, -0.2) is 21.0 Å². The van der Waals surface area contributed by atoms with Crippen LogP contribution in [0.4, 0.5) is 0 Å². The van der Waals surface area contributed by atoms with E-state index < -0.39 is 44.6 Å². The van der Waals surface area contributed by atoms with Gasteiger partial charge in [-0.2, -0.15) is 0 Å². The first kappa shape index (κ1) is 14.9. The monoisotopic (exact) mass is 318 g/mol. The number of halogens is 4. The normalized spacial score (nSPS) is 32.2. The van der Waals surface area contributed by atoms with E-state index in [0.29, 0.717) is 0 Å². The highest BCUT2D eigenvalue weighted by atomic mass is 35.5. The van der Waals surface area contributed by atoms with E-state index in [1.807, 2.05) is 0 Å². The first-order valence-electron chi connectivity index (χ1n) is 4.54. The third-order valence-corrected chi connectivity index (χ3v) is 3.93. The lowest BCUT2D eigenvalue weighted by atomic mass is 9.89. The van der Waals surface area contributed by atoms with Gasteiger partial charge in [-0.05, 0) is 52.8 Å². The average Bonchev–Trinajstić information content (AvgIpc) is 2.56. The molecule has 94 valence electrons. The van der Waals surface area contributed by atoms with Gasteiger partial charge in [0.1, 0.15) is 0 Å². The molecule has 1 rings (SSSR count). The molecule has 4 nitrogen and oxygen atoms in total. The van der Waals surface area contributed by atoms with Crippen molar-refractivity contribution in [3.05, 3.63) is 0 Å². The molecule has 1 aliphatic carbocycles. The van der Waals surface area contributed by atoms with E-state index in [1.54, 1.807) is 0 Å². The van der Waals surface area contributed by atoms with Crippen LogP contribution in [0.25, 0.3) is 0 Å². The van der Waals surface area contributed by atoms with Crippen molar-refractivity contribution >= 4 is 67.4 Å². The van der Waals surface area contributed by atoms with Gasteiger partial charge >= 0.3 is 0 Å². The zero-order valence-electron chi connectivity index (χ0n) is 8.16. The molecule has 4 atom stereocenters. The summed E-state index contributed by atoms with van der Waals surface area (Å²) in [4.78, 5) is 44.8. The first-order valence-corrected chi connectivity index (χ1v) is 6.06. The molecule has 0 aromatic heterocycles. The molecule has 0 aliphatic heterocycles. The molecule has 0 heterocycles. The van der Waals surface area contributed by atoms with E-state index in [0.717, 1.165) is 0 Å². The Balaban J connectivity index is 3.17. The number of carbonyl (C=O) groups excluding carboxylic acids is 4. The lowest BCUT2D eigenvalue weighted by Gasteiger charge is -2.17. The van der Waals surface area contributed by atoms with Crippen LogP contribution in [0.3, 0.4) is 0 Å². The molecular formula is C9H6Cl4O4. The SMILES string of the molecule is O=C(Cl)C1CC(C(=O)Cl)C(C(=O)Cl)C1C(=O)Cl. The molecule has 0 spiro atoms. The average molecular weight is 320 g/mol. The van der Waals surface area contributed by atoms with Crippen molar-refractivity contribution in [2.45, 2.75) is 6.42 Å². The van der Waals surface area contributed by atoms with Crippen molar-refractivity contribution in [3.63, 3.8) is 0 Å². The molecule has 8 heteroatoms. The minimum absolute atomic E-state index is 0.100. The van der Waals surface area contributed by atoms with Gasteiger partial charge in [-0.1, -0.05) is 0 Å². The summed E-state index contributed by atoms with van der Waals surface area (Å²) in [6.45, 7) is 0. The van der Waals surface area contributed by atoms with Gasteiger partial charge < -0.3 is 0 Å². The Bertz CT molecular complexity index is 358. The van der Waals surface area contributed by atoms with Crippen LogP contribution in [0.5, 0.6) is 0 Å². The predicted octanol–water partition coefficient (Wildman–Crippen LogP) is 1.92. The molecule has 0 saturated heterocycles. The van der Waals surface area contributed by atoms with Gasteiger partial charge in [0, 0.05) is 11.8 Å². The number of hydrogen-bond acceptors (Lipinski definition) is 4. The molecular weight excluding hydrogens is 314 g/mol. The van der Waals surface area contributed by atoms with E-state index in [1.165, 1.54) is 0 Å². The lowest BCUT2D eigenvalue weighted by Crippen LogP contribution is -2.30. The van der Waals surface area contributed by atoms with Gasteiger partial charge in [0.05, 0.1) is 11.8 Å². The second kappa shape index (κ2) is 5.65. The molecule has 0 radical (unpaired) electrons. The zero-order valence-corrected chi connectivity index (χ0v) is 11.2. The van der Waals surface area contributed by atoms with Gasteiger partial charge in [-0.25, -0.2) is 0 Å². The van der Waals surface area contributed by atoms with Crippen molar-refractivity contribution in [2.75, 3.05) is 0 Å². The molecule has 0 N–H and O–H groups in total. The van der Waals surface area contributed by atoms with Crippen LogP contribution in [0.2, 0.25) is 0 Å². The van der Waals surface area contributed by atoms with Crippen LogP contribution < -0.4 is 0 Å². The third kappa shape index (κ3) is 2.99. The van der Waals surface area contributed by atoms with Crippen molar-refractivity contribution < 1.29 is 19.2 Å². The summed E-state index contributed by atoms with van der Waals surface area (Å²) in [6, 6.07) is 0. The van der Waals surface area contributed by atoms with Gasteiger partial charge in [-0.15, -0.1) is 0 Å². The summed E-state index contributed by atoms with van der Waals surface area (Å²) in [6.07, 6.45) is -0.100. The minimum atomic E-state index is -1.20. The van der Waals surface area contributed by atoms with E-state index in [2.05, 4.69) is 0 Å². The maximum absolute atomic E-state index is 11.2. The second-order valence-corrected chi connectivity index (χ2v) is 5.21. The van der Waals surface area contributed by atoms with Crippen molar-refractivity contribution in [2.24, 2.45) is 23.7 Å². The van der Waals surface area contributed by atoms with Crippen LogP contribution in [0.1, 0.15) is 6.42 Å². The molecule has 0 amide bonds. The Hall–Kier alpha value is -0.160. The third-order valence-electron chi connectivity index (χ3n) is 2.87. The maximum Gasteiger partial charge on any atom is 0.226 e. The van der Waals surface area contributed by atoms with Gasteiger partial charge in [0.25, 0.3) is 0 Å². The lowest BCUT2D eigenvalue weighted by molar-refractivity contribution is -0.128. The molecule has 0 aromatic carbocycles. The van der Waals surface area contributed by atoms with Crippen molar-refractivity contribution in [1.29, 1.82) is 0 Å². The topological polar surface area (TPSA) is 68.3 Å². The first-order chi connectivity index (χ1) is 7.77. The van der Waals surface area contributed by atoms with Crippen molar-refractivity contribution in [1.82, 2.24) is 0 Å². The van der Waals surface area contributed by atoms with Crippen molar-refractivity contribution in [3.8, 4) is 0 Å². The van der Waals surface area contributed by atoms with Gasteiger partial charge in [0.15, 0.2) is 0 Å². The van der Waals surface area contributed by atoms with Crippen LogP contribution in [-0.2, 0) is 19.2 Å². The summed E-state index contributed by atoms with van der Waals surface area (Å²) in [7, 11) is 0. The van der Waals surface area contributed by atoms with Gasteiger partial charge in [0.2, 0.25) is 21.0 Å². The maximum atomic E-state index is 11.2. The fourth-order valence-electron chi connectivity index (χ4n) is 2.13. The Kier molecular flexibility index (Phi) is 4.95. The number of rotatable bonds is 4. The molecule has 4 unspecified atom stereocenters. The highest BCUT2D eigenvalue weighted by Crippen LogP contribution is 2.45. The highest BCUT2D eigenvalue weighted by Gasteiger charge is 2.53. The number of hydrogen-bond donors (Lipinski definition) is 0. The summed E-state index contributed by atoms with van der Waals surface area (Å²) in [5, 5.41) is -3.54. The molecule has 1 saturated carbocycles. The Morgan fingerprint density at radius 2 is 0.941 bits per heavy atom. The van der Waals surface area contributed by atoms with Gasteiger partial charge in [-0.3, -0.25) is 19.2 Å². The molecule has 0 aromatic rings. The fourth-order valence-corrected chi connectivity index (χ4v) is 3.16. The standard InChI is InChI=1S/C9H6Cl4O4/c10-6(14)2-1-3(7(11)15)5(9(13)17)4(2)8(12)16/h2-5H,1H2. The minimum Gasteiger partial charge on any atom is -0.281 e. The molecule has 17 heavy (non-hydrogen) atoms. The summed E-state index contributed by atoms with van der Waals surface area (Å²) in [5.74, 6) is -4.41. The summed E-state index contributed by atoms with van der Waals surface area (Å²) < 4.78 is 0. The Morgan fingerprint density at radius 1 is 0.647 bits per heavy atom. The zero-order chi connectivity index (χ0) is 13.3. The van der Waals surface area contributed by atoms with E-state index in [9.17, 15) is 19.2 Å². The Morgan fingerprint density at radius 3 is 1.12 bits per heavy atom. The van der Waals surface area contributed by atoms with Crippen LogP contribution >= 0.6 is 46.4 Å². The summed E-state index contributed by atoms with van der Waals surface area (Å²) in [5.41, 5.74) is 0. The predicted molar refractivity (Wildman–Crippen MR) is 62.0 cm³/mol. The second-order valence-electron chi connectivity index (χ2n) is 3.72. The Labute approximate surface area is 117 Å². The molecule has 0 bridgehead atoms. The van der Waals surface area contributed by atoms with Crippen LogP contribution in [0.15, 0.2) is 0 Å². The molecule has 1 aliphatic rings. The fraction of sp³-hybridized carbons (Fsp3) is 0.556. The molecule has 1 fully saturated rings. The van der Waals surface area contributed by atoms with E-state index in [-0.39, 0.29) is 6.42 Å². The van der Waals surface area contributed by atoms with E-state index >= 15 is 0 Å². The van der Waals surface area contributed by atoms with Crippen LogP contribution in [0, 0.1) is 23.7 Å². The van der Waals surface area contributed by atoms with E-state index in [4.69, 9.17) is 46.4 Å². The smallest absolute Gasteiger partial charge is 0.226 e. The summed E-state index contributed by atoms with van der Waals surface area (Å²) >= 11 is 21.2. The largest absolute Gasteiger partial charge is 0.281 e.